The molecule has 156 valence electrons. The number of carbonyl (C=O) groups is 2. The Labute approximate surface area is 169 Å². The lowest BCUT2D eigenvalue weighted by Gasteiger charge is -2.30. The minimum atomic E-state index is -1.04. The summed E-state index contributed by atoms with van der Waals surface area (Å²) in [6.45, 7) is 4.01. The zero-order valence-corrected chi connectivity index (χ0v) is 16.9. The fourth-order valence-corrected chi connectivity index (χ4v) is 3.14. The van der Waals surface area contributed by atoms with Crippen molar-refractivity contribution in [3.8, 4) is 0 Å². The van der Waals surface area contributed by atoms with E-state index in [9.17, 15) is 18.4 Å². The number of carbonyl (C=O) groups excluding carboxylic acids is 2. The molecule has 1 aromatic carbocycles. The first-order valence-corrected chi connectivity index (χ1v) is 9.68. The molecule has 2 aromatic rings. The standard InChI is InChI=1S/C21H26F2N4O2/c1-14(2)26(21(29)24-15-6-9-18(22)19(23)11-15)13-20(28)27(16-7-8-16)12-17-5-4-10-25(17)3/h4-6,9-11,14,16H,7-8,12-13H2,1-3H3,(H,24,29). The quantitative estimate of drug-likeness (QED) is 0.764. The monoisotopic (exact) mass is 404 g/mol. The van der Waals surface area contributed by atoms with Crippen LogP contribution in [0.25, 0.3) is 0 Å². The van der Waals surface area contributed by atoms with Crippen LogP contribution < -0.4 is 5.32 Å². The highest BCUT2D eigenvalue weighted by Crippen LogP contribution is 2.29. The van der Waals surface area contributed by atoms with Crippen molar-refractivity contribution in [2.24, 2.45) is 7.05 Å². The molecule has 1 fully saturated rings. The second-order valence-corrected chi connectivity index (χ2v) is 7.64. The summed E-state index contributed by atoms with van der Waals surface area (Å²) < 4.78 is 28.5. The number of hydrogen-bond acceptors (Lipinski definition) is 2. The summed E-state index contributed by atoms with van der Waals surface area (Å²) in [5, 5.41) is 2.54. The van der Waals surface area contributed by atoms with Gasteiger partial charge in [0.25, 0.3) is 0 Å². The maximum absolute atomic E-state index is 13.4. The number of nitrogens with zero attached hydrogens (tertiary/aromatic N) is 3. The minimum Gasteiger partial charge on any atom is -0.353 e. The van der Waals surface area contributed by atoms with Gasteiger partial charge < -0.3 is 19.7 Å². The highest BCUT2D eigenvalue weighted by molar-refractivity contribution is 5.92. The molecule has 0 unspecified atom stereocenters. The van der Waals surface area contributed by atoms with Crippen molar-refractivity contribution < 1.29 is 18.4 Å². The lowest BCUT2D eigenvalue weighted by Crippen LogP contribution is -2.48. The predicted molar refractivity (Wildman–Crippen MR) is 106 cm³/mol. The largest absolute Gasteiger partial charge is 0.353 e. The molecular weight excluding hydrogens is 378 g/mol. The third-order valence-electron chi connectivity index (χ3n) is 5.05. The summed E-state index contributed by atoms with van der Waals surface area (Å²) in [4.78, 5) is 28.9. The first-order valence-electron chi connectivity index (χ1n) is 9.68. The van der Waals surface area contributed by atoms with Crippen molar-refractivity contribution in [2.75, 3.05) is 11.9 Å². The maximum Gasteiger partial charge on any atom is 0.322 e. The SMILES string of the molecule is CC(C)N(CC(=O)N(Cc1cccn1C)C1CC1)C(=O)Nc1ccc(F)c(F)c1. The smallest absolute Gasteiger partial charge is 0.322 e. The number of anilines is 1. The summed E-state index contributed by atoms with van der Waals surface area (Å²) in [7, 11) is 1.93. The normalized spacial score (nSPS) is 13.4. The fourth-order valence-electron chi connectivity index (χ4n) is 3.14. The molecule has 0 radical (unpaired) electrons. The number of aryl methyl sites for hydroxylation is 1. The zero-order valence-electron chi connectivity index (χ0n) is 16.9. The van der Waals surface area contributed by atoms with Crippen LogP contribution in [0, 0.1) is 11.6 Å². The Balaban J connectivity index is 1.69. The molecule has 0 saturated heterocycles. The van der Waals surface area contributed by atoms with Gasteiger partial charge in [0.15, 0.2) is 11.6 Å². The van der Waals surface area contributed by atoms with Crippen LogP contribution in [0.5, 0.6) is 0 Å². The van der Waals surface area contributed by atoms with Crippen molar-refractivity contribution in [3.63, 3.8) is 0 Å². The molecular formula is C21H26F2N4O2. The molecule has 0 spiro atoms. The van der Waals surface area contributed by atoms with Crippen LogP contribution in [-0.4, -0.2) is 44.9 Å². The van der Waals surface area contributed by atoms with Gasteiger partial charge in [0.2, 0.25) is 5.91 Å². The van der Waals surface area contributed by atoms with E-state index in [1.165, 1.54) is 11.0 Å². The van der Waals surface area contributed by atoms with E-state index in [0.717, 1.165) is 30.7 Å². The Hall–Kier alpha value is -2.90. The van der Waals surface area contributed by atoms with Gasteiger partial charge in [0.1, 0.15) is 6.54 Å². The van der Waals surface area contributed by atoms with Crippen LogP contribution in [0.15, 0.2) is 36.5 Å². The minimum absolute atomic E-state index is 0.0892. The van der Waals surface area contributed by atoms with E-state index in [2.05, 4.69) is 5.32 Å². The molecule has 0 aliphatic heterocycles. The molecule has 1 N–H and O–H groups in total. The molecule has 1 aromatic heterocycles. The second kappa shape index (κ2) is 8.63. The van der Waals surface area contributed by atoms with Gasteiger partial charge in [-0.25, -0.2) is 13.6 Å². The first-order chi connectivity index (χ1) is 13.8. The molecule has 1 aliphatic rings. The van der Waals surface area contributed by atoms with E-state index in [4.69, 9.17) is 0 Å². The number of aromatic nitrogens is 1. The van der Waals surface area contributed by atoms with E-state index in [0.29, 0.717) is 6.54 Å². The van der Waals surface area contributed by atoms with Crippen LogP contribution in [-0.2, 0) is 18.4 Å². The molecule has 3 amide bonds. The summed E-state index contributed by atoms with van der Waals surface area (Å²) in [6, 6.07) is 6.46. The van der Waals surface area contributed by atoms with Crippen LogP contribution in [0.2, 0.25) is 0 Å². The number of amides is 3. The van der Waals surface area contributed by atoms with Crippen molar-refractivity contribution in [3.05, 3.63) is 53.9 Å². The van der Waals surface area contributed by atoms with Gasteiger partial charge in [-0.3, -0.25) is 4.79 Å². The van der Waals surface area contributed by atoms with Gasteiger partial charge in [0.05, 0.1) is 6.54 Å². The van der Waals surface area contributed by atoms with Crippen LogP contribution in [0.1, 0.15) is 32.4 Å². The highest BCUT2D eigenvalue weighted by Gasteiger charge is 2.34. The number of rotatable bonds is 7. The van der Waals surface area contributed by atoms with Crippen molar-refractivity contribution in [1.82, 2.24) is 14.4 Å². The van der Waals surface area contributed by atoms with Crippen molar-refractivity contribution >= 4 is 17.6 Å². The average Bonchev–Trinajstić information content (AvgIpc) is 3.42. The summed E-state index contributed by atoms with van der Waals surface area (Å²) >= 11 is 0. The van der Waals surface area contributed by atoms with Crippen molar-refractivity contribution in [1.29, 1.82) is 0 Å². The van der Waals surface area contributed by atoms with E-state index < -0.39 is 17.7 Å². The fraction of sp³-hybridized carbons (Fsp3) is 0.429. The van der Waals surface area contributed by atoms with E-state index >= 15 is 0 Å². The third kappa shape index (κ3) is 5.13. The number of urea groups is 1. The number of benzene rings is 1. The topological polar surface area (TPSA) is 57.6 Å². The summed E-state index contributed by atoms with van der Waals surface area (Å²) in [6.07, 6.45) is 3.85. The van der Waals surface area contributed by atoms with Gasteiger partial charge in [-0.1, -0.05) is 0 Å². The molecule has 6 nitrogen and oxygen atoms in total. The van der Waals surface area contributed by atoms with E-state index in [-0.39, 0.29) is 30.2 Å². The van der Waals surface area contributed by atoms with Gasteiger partial charge in [0, 0.05) is 42.8 Å². The number of hydrogen-bond donors (Lipinski definition) is 1. The predicted octanol–water partition coefficient (Wildman–Crippen LogP) is 3.74. The summed E-state index contributed by atoms with van der Waals surface area (Å²) in [5.74, 6) is -2.17. The first kappa shape index (κ1) is 20.8. The lowest BCUT2D eigenvalue weighted by molar-refractivity contribution is -0.133. The van der Waals surface area contributed by atoms with E-state index in [1.54, 1.807) is 13.8 Å². The summed E-state index contributed by atoms with van der Waals surface area (Å²) in [5.41, 5.74) is 1.16. The van der Waals surface area contributed by atoms with Gasteiger partial charge in [-0.2, -0.15) is 0 Å². The number of halogens is 2. The Morgan fingerprint density at radius 2 is 1.93 bits per heavy atom. The molecule has 0 bridgehead atoms. The molecule has 8 heteroatoms. The molecule has 1 aliphatic carbocycles. The Morgan fingerprint density at radius 3 is 2.48 bits per heavy atom. The average molecular weight is 404 g/mol. The molecule has 0 atom stereocenters. The zero-order chi connectivity index (χ0) is 21.1. The van der Waals surface area contributed by atoms with Gasteiger partial charge >= 0.3 is 6.03 Å². The molecule has 3 rings (SSSR count). The Kier molecular flexibility index (Phi) is 6.20. The third-order valence-corrected chi connectivity index (χ3v) is 5.05. The molecule has 29 heavy (non-hydrogen) atoms. The molecule has 1 saturated carbocycles. The van der Waals surface area contributed by atoms with Crippen LogP contribution in [0.3, 0.4) is 0 Å². The Morgan fingerprint density at radius 1 is 1.21 bits per heavy atom. The van der Waals surface area contributed by atoms with Crippen LogP contribution >= 0.6 is 0 Å². The second-order valence-electron chi connectivity index (χ2n) is 7.64. The van der Waals surface area contributed by atoms with E-state index in [1.807, 2.05) is 34.8 Å². The highest BCUT2D eigenvalue weighted by atomic mass is 19.2. The molecule has 1 heterocycles. The van der Waals surface area contributed by atoms with Crippen LogP contribution in [0.4, 0.5) is 19.3 Å². The number of nitrogens with one attached hydrogen (secondary N) is 1. The maximum atomic E-state index is 13.4. The van der Waals surface area contributed by atoms with Crippen molar-refractivity contribution in [2.45, 2.75) is 45.3 Å². The van der Waals surface area contributed by atoms with Gasteiger partial charge in [-0.05, 0) is 51.0 Å². The lowest BCUT2D eigenvalue weighted by atomic mass is 10.2. The Bertz CT molecular complexity index is 893. The van der Waals surface area contributed by atoms with Gasteiger partial charge in [-0.15, -0.1) is 0 Å².